The number of hydrogen-bond acceptors (Lipinski definition) is 5. The molecule has 0 bridgehead atoms. The molecule has 5 rings (SSSR count). The summed E-state index contributed by atoms with van der Waals surface area (Å²) in [5, 5.41) is 11.1. The van der Waals surface area contributed by atoms with Crippen LogP contribution in [-0.4, -0.2) is 37.4 Å². The van der Waals surface area contributed by atoms with Crippen molar-refractivity contribution < 1.29 is 24.2 Å². The molecule has 5 heteroatoms. The SMILES string of the molecule is COC(=O)[C@]12CCC(C)(C)C[C@H]1C1=CC[C@@H]3[C@@]4(C)CC[C@H](O)[C@@](C)(C(=O)OC)[C@H]4CC[C@@]3(C)[C@]1(C)CC2. The van der Waals surface area contributed by atoms with Crippen LogP contribution in [0.25, 0.3) is 0 Å². The van der Waals surface area contributed by atoms with Crippen molar-refractivity contribution in [3.63, 3.8) is 0 Å². The Morgan fingerprint density at radius 2 is 1.49 bits per heavy atom. The highest BCUT2D eigenvalue weighted by atomic mass is 16.5. The number of ether oxygens (including phenoxy) is 2. The number of rotatable bonds is 2. The first-order valence-electron chi connectivity index (χ1n) is 14.7. The van der Waals surface area contributed by atoms with Gasteiger partial charge in [0.05, 0.1) is 31.2 Å². The summed E-state index contributed by atoms with van der Waals surface area (Å²) in [6.45, 7) is 14.1. The maximum Gasteiger partial charge on any atom is 0.314 e. The molecule has 1 N–H and O–H groups in total. The minimum Gasteiger partial charge on any atom is -0.469 e. The maximum atomic E-state index is 13.4. The van der Waals surface area contributed by atoms with Gasteiger partial charge in [0.15, 0.2) is 0 Å². The fourth-order valence-electron chi connectivity index (χ4n) is 11.0. The first-order chi connectivity index (χ1) is 17.2. The molecule has 208 valence electrons. The van der Waals surface area contributed by atoms with Crippen molar-refractivity contribution in [1.29, 1.82) is 0 Å². The van der Waals surface area contributed by atoms with E-state index in [2.05, 4.69) is 40.7 Å². The van der Waals surface area contributed by atoms with Crippen LogP contribution < -0.4 is 0 Å². The van der Waals surface area contributed by atoms with Crippen molar-refractivity contribution in [2.45, 2.75) is 112 Å². The van der Waals surface area contributed by atoms with E-state index in [0.29, 0.717) is 12.3 Å². The molecule has 0 heterocycles. The molecule has 0 radical (unpaired) electrons. The fraction of sp³-hybridized carbons (Fsp3) is 0.875. The van der Waals surface area contributed by atoms with Gasteiger partial charge in [-0.15, -0.1) is 0 Å². The minimum absolute atomic E-state index is 0.00555. The van der Waals surface area contributed by atoms with Crippen LogP contribution in [0.2, 0.25) is 0 Å². The van der Waals surface area contributed by atoms with Gasteiger partial charge in [0.1, 0.15) is 0 Å². The van der Waals surface area contributed by atoms with Crippen molar-refractivity contribution in [3.8, 4) is 0 Å². The number of hydrogen-bond donors (Lipinski definition) is 1. The predicted molar refractivity (Wildman–Crippen MR) is 143 cm³/mol. The first kappa shape index (κ1) is 27.2. The molecule has 0 aromatic rings. The van der Waals surface area contributed by atoms with Crippen molar-refractivity contribution >= 4 is 11.9 Å². The maximum absolute atomic E-state index is 13.4. The molecule has 0 saturated heterocycles. The number of carbonyl (C=O) groups is 2. The van der Waals surface area contributed by atoms with Gasteiger partial charge in [-0.3, -0.25) is 9.59 Å². The molecule has 5 aliphatic rings. The molecule has 0 unspecified atom stereocenters. The molecule has 0 spiro atoms. The third kappa shape index (κ3) is 3.31. The van der Waals surface area contributed by atoms with Crippen LogP contribution in [0.5, 0.6) is 0 Å². The smallest absolute Gasteiger partial charge is 0.314 e. The normalized spacial score (nSPS) is 50.4. The van der Waals surface area contributed by atoms with E-state index < -0.39 is 16.9 Å². The summed E-state index contributed by atoms with van der Waals surface area (Å²) in [7, 11) is 3.02. The molecular weight excluding hydrogens is 464 g/mol. The number of allylic oxidation sites excluding steroid dienone is 2. The Kier molecular flexibility index (Phi) is 6.12. The molecule has 0 aromatic heterocycles. The largest absolute Gasteiger partial charge is 0.469 e. The van der Waals surface area contributed by atoms with Gasteiger partial charge in [-0.1, -0.05) is 46.3 Å². The average Bonchev–Trinajstić information content (AvgIpc) is 2.85. The summed E-state index contributed by atoms with van der Waals surface area (Å²) in [5.41, 5.74) is 0.506. The zero-order valence-electron chi connectivity index (χ0n) is 24.5. The molecule has 4 fully saturated rings. The molecule has 0 aliphatic heterocycles. The standard InChI is InChI=1S/C32H50O5/c1-27(2)15-17-32(26(35)37-8)18-16-29(4)20(21(32)19-27)9-10-22-28(3)13-12-24(33)31(6,25(34)36-7)23(28)11-14-30(22,29)5/h9,21-24,33H,10-19H2,1-8H3/t21-,22+,23-,24-,28+,29+,30+,31-,32-/m0/s1. The number of carbonyl (C=O) groups excluding carboxylic acids is 2. The summed E-state index contributed by atoms with van der Waals surface area (Å²) in [6.07, 6.45) is 11.3. The molecule has 5 nitrogen and oxygen atoms in total. The van der Waals surface area contributed by atoms with Gasteiger partial charge in [0.25, 0.3) is 0 Å². The Hall–Kier alpha value is -1.36. The van der Waals surface area contributed by atoms with Gasteiger partial charge >= 0.3 is 11.9 Å². The molecule has 5 aliphatic carbocycles. The van der Waals surface area contributed by atoms with Gasteiger partial charge in [-0.05, 0) is 111 Å². The first-order valence-corrected chi connectivity index (χ1v) is 14.7. The Morgan fingerprint density at radius 1 is 0.838 bits per heavy atom. The van der Waals surface area contributed by atoms with E-state index in [-0.39, 0.29) is 45.4 Å². The zero-order valence-corrected chi connectivity index (χ0v) is 24.5. The summed E-state index contributed by atoms with van der Waals surface area (Å²) in [6, 6.07) is 0. The van der Waals surface area contributed by atoms with E-state index in [1.807, 2.05) is 6.92 Å². The van der Waals surface area contributed by atoms with Crippen LogP contribution in [0.15, 0.2) is 11.6 Å². The molecule has 0 aromatic carbocycles. The lowest BCUT2D eigenvalue weighted by Crippen LogP contribution is -2.66. The van der Waals surface area contributed by atoms with E-state index >= 15 is 0 Å². The average molecular weight is 515 g/mol. The molecule has 4 saturated carbocycles. The summed E-state index contributed by atoms with van der Waals surface area (Å²) < 4.78 is 10.8. The van der Waals surface area contributed by atoms with E-state index in [1.165, 1.54) is 12.7 Å². The molecule has 0 amide bonds. The van der Waals surface area contributed by atoms with Gasteiger partial charge in [-0.25, -0.2) is 0 Å². The lowest BCUT2D eigenvalue weighted by atomic mass is 9.33. The second kappa shape index (κ2) is 8.32. The minimum atomic E-state index is -0.867. The van der Waals surface area contributed by atoms with Crippen LogP contribution in [0, 0.1) is 50.2 Å². The van der Waals surface area contributed by atoms with Crippen LogP contribution in [0.3, 0.4) is 0 Å². The summed E-state index contributed by atoms with van der Waals surface area (Å²) in [5.74, 6) is 0.487. The topological polar surface area (TPSA) is 72.8 Å². The molecular formula is C32H50O5. The molecule has 37 heavy (non-hydrogen) atoms. The number of aliphatic hydroxyl groups is 1. The van der Waals surface area contributed by atoms with E-state index in [0.717, 1.165) is 57.8 Å². The number of fused-ring (bicyclic) bond motifs is 7. The predicted octanol–water partition coefficient (Wildman–Crippen LogP) is 6.48. The van der Waals surface area contributed by atoms with E-state index in [1.54, 1.807) is 7.11 Å². The third-order valence-electron chi connectivity index (χ3n) is 13.5. The Morgan fingerprint density at radius 3 is 2.14 bits per heavy atom. The Balaban J connectivity index is 1.60. The molecule has 9 atom stereocenters. The van der Waals surface area contributed by atoms with Gasteiger partial charge < -0.3 is 14.6 Å². The highest BCUT2D eigenvalue weighted by molar-refractivity contribution is 5.79. The monoisotopic (exact) mass is 514 g/mol. The zero-order chi connectivity index (χ0) is 27.2. The van der Waals surface area contributed by atoms with Crippen molar-refractivity contribution in [2.75, 3.05) is 14.2 Å². The van der Waals surface area contributed by atoms with Crippen LogP contribution >= 0.6 is 0 Å². The Bertz CT molecular complexity index is 1010. The Labute approximate surface area is 224 Å². The highest BCUT2D eigenvalue weighted by Gasteiger charge is 2.70. The summed E-state index contributed by atoms with van der Waals surface area (Å²) in [4.78, 5) is 26.5. The second-order valence-corrected chi connectivity index (χ2v) is 15.2. The van der Waals surface area contributed by atoms with Gasteiger partial charge in [0, 0.05) is 0 Å². The fourth-order valence-corrected chi connectivity index (χ4v) is 11.0. The van der Waals surface area contributed by atoms with E-state index in [9.17, 15) is 14.7 Å². The van der Waals surface area contributed by atoms with Crippen LogP contribution in [-0.2, 0) is 19.1 Å². The van der Waals surface area contributed by atoms with Crippen molar-refractivity contribution in [3.05, 3.63) is 11.6 Å². The second-order valence-electron chi connectivity index (χ2n) is 15.2. The van der Waals surface area contributed by atoms with Crippen molar-refractivity contribution in [1.82, 2.24) is 0 Å². The quantitative estimate of drug-likeness (QED) is 0.337. The lowest BCUT2D eigenvalue weighted by Gasteiger charge is -2.71. The van der Waals surface area contributed by atoms with Gasteiger partial charge in [-0.2, -0.15) is 0 Å². The lowest BCUT2D eigenvalue weighted by molar-refractivity contribution is -0.219. The van der Waals surface area contributed by atoms with Crippen LogP contribution in [0.4, 0.5) is 0 Å². The third-order valence-corrected chi connectivity index (χ3v) is 13.5. The van der Waals surface area contributed by atoms with Crippen LogP contribution in [0.1, 0.15) is 106 Å². The summed E-state index contributed by atoms with van der Waals surface area (Å²) >= 11 is 0. The van der Waals surface area contributed by atoms with Gasteiger partial charge in [0.2, 0.25) is 0 Å². The number of methoxy groups -OCH3 is 2. The van der Waals surface area contributed by atoms with Crippen molar-refractivity contribution in [2.24, 2.45) is 50.2 Å². The number of aliphatic hydroxyl groups excluding tert-OH is 1. The highest BCUT2D eigenvalue weighted by Crippen LogP contribution is 2.75. The van der Waals surface area contributed by atoms with E-state index in [4.69, 9.17) is 9.47 Å². The number of esters is 2.